The Morgan fingerprint density at radius 3 is 2.74 bits per heavy atom. The summed E-state index contributed by atoms with van der Waals surface area (Å²) in [7, 11) is 0. The van der Waals surface area contributed by atoms with Crippen LogP contribution in [-0.4, -0.2) is 35.8 Å². The fourth-order valence-electron chi connectivity index (χ4n) is 2.13. The summed E-state index contributed by atoms with van der Waals surface area (Å²) in [6.45, 7) is 3.05. The van der Waals surface area contributed by atoms with Crippen molar-refractivity contribution in [1.29, 1.82) is 0 Å². The second kappa shape index (κ2) is 6.52. The Hall–Kier alpha value is -1.62. The Kier molecular flexibility index (Phi) is 4.74. The number of nitrogens with one attached hydrogen (secondary N) is 1. The van der Waals surface area contributed by atoms with E-state index >= 15 is 0 Å². The third kappa shape index (κ3) is 4.21. The molecule has 19 heavy (non-hydrogen) atoms. The van der Waals surface area contributed by atoms with Crippen LogP contribution in [-0.2, 0) is 9.59 Å². The number of likely N-dealkylation sites (tertiary alicyclic amines) is 1. The van der Waals surface area contributed by atoms with Gasteiger partial charge in [0.15, 0.2) is 0 Å². The van der Waals surface area contributed by atoms with Crippen molar-refractivity contribution < 1.29 is 9.59 Å². The van der Waals surface area contributed by atoms with Gasteiger partial charge >= 0.3 is 0 Å². The molecule has 4 nitrogen and oxygen atoms in total. The zero-order chi connectivity index (χ0) is 13.7. The van der Waals surface area contributed by atoms with E-state index in [1.807, 2.05) is 27.8 Å². The lowest BCUT2D eigenvalue weighted by Crippen LogP contribution is -2.45. The molecule has 1 saturated heterocycles. The first-order valence-electron chi connectivity index (χ1n) is 6.41. The van der Waals surface area contributed by atoms with Crippen LogP contribution in [0.15, 0.2) is 22.9 Å². The van der Waals surface area contributed by atoms with Crippen molar-refractivity contribution in [2.75, 3.05) is 13.1 Å². The molecule has 0 spiro atoms. The minimum Gasteiger partial charge on any atom is -0.350 e. The van der Waals surface area contributed by atoms with Gasteiger partial charge in [0, 0.05) is 32.1 Å². The lowest BCUT2D eigenvalue weighted by Gasteiger charge is -2.31. The molecule has 5 heteroatoms. The normalized spacial score (nSPS) is 16.8. The number of piperidine rings is 1. The van der Waals surface area contributed by atoms with E-state index in [2.05, 4.69) is 5.32 Å². The fourth-order valence-corrected chi connectivity index (χ4v) is 2.76. The Bertz CT molecular complexity index is 460. The summed E-state index contributed by atoms with van der Waals surface area (Å²) in [5.74, 6) is 0.0506. The molecule has 0 atom stereocenters. The van der Waals surface area contributed by atoms with Crippen molar-refractivity contribution in [3.8, 4) is 0 Å². The van der Waals surface area contributed by atoms with Gasteiger partial charge in [-0.2, -0.15) is 11.3 Å². The molecule has 0 aliphatic carbocycles. The lowest BCUT2D eigenvalue weighted by atomic mass is 10.1. The summed E-state index contributed by atoms with van der Waals surface area (Å²) in [4.78, 5) is 24.8. The van der Waals surface area contributed by atoms with E-state index < -0.39 is 0 Å². The number of thiophene rings is 1. The number of hydrogen-bond donors (Lipinski definition) is 1. The fraction of sp³-hybridized carbons (Fsp3) is 0.429. The number of amides is 2. The van der Waals surface area contributed by atoms with Gasteiger partial charge in [-0.15, -0.1) is 0 Å². The van der Waals surface area contributed by atoms with E-state index in [4.69, 9.17) is 0 Å². The van der Waals surface area contributed by atoms with Crippen molar-refractivity contribution in [2.24, 2.45) is 0 Å². The molecular formula is C14H18N2O2S. The molecule has 2 rings (SSSR count). The van der Waals surface area contributed by atoms with E-state index in [1.165, 1.54) is 0 Å². The highest BCUT2D eigenvalue weighted by atomic mass is 32.1. The first-order valence-corrected chi connectivity index (χ1v) is 7.36. The summed E-state index contributed by atoms with van der Waals surface area (Å²) in [5.41, 5.74) is 1.05. The van der Waals surface area contributed by atoms with Crippen LogP contribution in [0.4, 0.5) is 0 Å². The molecule has 1 aromatic heterocycles. The SMILES string of the molecule is CC(=O)N1CCC(NC(=O)/C=C/c2ccsc2)CC1. The Labute approximate surface area is 117 Å². The predicted octanol–water partition coefficient (Wildman–Crippen LogP) is 1.89. The average Bonchev–Trinajstić information content (AvgIpc) is 2.90. The molecule has 0 radical (unpaired) electrons. The van der Waals surface area contributed by atoms with Crippen LogP contribution < -0.4 is 5.32 Å². The highest BCUT2D eigenvalue weighted by Crippen LogP contribution is 2.11. The average molecular weight is 278 g/mol. The van der Waals surface area contributed by atoms with Gasteiger partial charge in [-0.25, -0.2) is 0 Å². The molecule has 1 aromatic rings. The van der Waals surface area contributed by atoms with Crippen LogP contribution in [0.3, 0.4) is 0 Å². The van der Waals surface area contributed by atoms with Gasteiger partial charge in [0.25, 0.3) is 0 Å². The van der Waals surface area contributed by atoms with Crippen LogP contribution in [0.25, 0.3) is 6.08 Å². The van der Waals surface area contributed by atoms with Gasteiger partial charge in [0.1, 0.15) is 0 Å². The van der Waals surface area contributed by atoms with Gasteiger partial charge < -0.3 is 10.2 Å². The standard InChI is InChI=1S/C14H18N2O2S/c1-11(17)16-7-4-13(5-8-16)15-14(18)3-2-12-6-9-19-10-12/h2-3,6,9-10,13H,4-5,7-8H2,1H3,(H,15,18)/b3-2+. The monoisotopic (exact) mass is 278 g/mol. The summed E-state index contributed by atoms with van der Waals surface area (Å²) in [6, 6.07) is 2.15. The smallest absolute Gasteiger partial charge is 0.244 e. The molecule has 1 fully saturated rings. The predicted molar refractivity (Wildman–Crippen MR) is 76.8 cm³/mol. The van der Waals surface area contributed by atoms with Gasteiger partial charge in [-0.1, -0.05) is 0 Å². The zero-order valence-electron chi connectivity index (χ0n) is 11.0. The maximum absolute atomic E-state index is 11.7. The Balaban J connectivity index is 1.76. The molecule has 2 heterocycles. The summed E-state index contributed by atoms with van der Waals surface area (Å²) >= 11 is 1.61. The number of nitrogens with zero attached hydrogens (tertiary/aromatic N) is 1. The third-order valence-corrected chi connectivity index (χ3v) is 3.96. The third-order valence-electron chi connectivity index (χ3n) is 3.26. The second-order valence-corrected chi connectivity index (χ2v) is 5.46. The zero-order valence-corrected chi connectivity index (χ0v) is 11.8. The highest BCUT2D eigenvalue weighted by Gasteiger charge is 2.21. The van der Waals surface area contributed by atoms with E-state index in [0.717, 1.165) is 31.5 Å². The maximum Gasteiger partial charge on any atom is 0.244 e. The molecule has 1 N–H and O–H groups in total. The van der Waals surface area contributed by atoms with Gasteiger partial charge in [0.2, 0.25) is 11.8 Å². The van der Waals surface area contributed by atoms with Crippen LogP contribution in [0, 0.1) is 0 Å². The van der Waals surface area contributed by atoms with Crippen molar-refractivity contribution in [3.63, 3.8) is 0 Å². The van der Waals surface area contributed by atoms with E-state index in [9.17, 15) is 9.59 Å². The lowest BCUT2D eigenvalue weighted by molar-refractivity contribution is -0.129. The Morgan fingerprint density at radius 2 is 2.16 bits per heavy atom. The topological polar surface area (TPSA) is 49.4 Å². The number of rotatable bonds is 3. The molecule has 0 unspecified atom stereocenters. The van der Waals surface area contributed by atoms with Crippen LogP contribution in [0.5, 0.6) is 0 Å². The minimum atomic E-state index is -0.0625. The number of carbonyl (C=O) groups is 2. The van der Waals surface area contributed by atoms with Gasteiger partial charge in [-0.3, -0.25) is 9.59 Å². The Morgan fingerprint density at radius 1 is 1.42 bits per heavy atom. The molecule has 1 aliphatic rings. The van der Waals surface area contributed by atoms with Crippen molar-refractivity contribution >= 4 is 29.2 Å². The van der Waals surface area contributed by atoms with Crippen molar-refractivity contribution in [2.45, 2.75) is 25.8 Å². The first-order chi connectivity index (χ1) is 9.15. The largest absolute Gasteiger partial charge is 0.350 e. The second-order valence-electron chi connectivity index (χ2n) is 4.68. The molecule has 1 aliphatic heterocycles. The molecule has 2 amide bonds. The van der Waals surface area contributed by atoms with Gasteiger partial charge in [-0.05, 0) is 41.3 Å². The molecular weight excluding hydrogens is 260 g/mol. The molecule has 0 aromatic carbocycles. The van der Waals surface area contributed by atoms with Crippen LogP contribution in [0.2, 0.25) is 0 Å². The molecule has 0 saturated carbocycles. The van der Waals surface area contributed by atoms with E-state index in [-0.39, 0.29) is 17.9 Å². The van der Waals surface area contributed by atoms with Crippen LogP contribution >= 0.6 is 11.3 Å². The van der Waals surface area contributed by atoms with Gasteiger partial charge in [0.05, 0.1) is 0 Å². The summed E-state index contributed by atoms with van der Waals surface area (Å²) in [6.07, 6.45) is 5.05. The van der Waals surface area contributed by atoms with E-state index in [1.54, 1.807) is 24.3 Å². The summed E-state index contributed by atoms with van der Waals surface area (Å²) < 4.78 is 0. The highest BCUT2D eigenvalue weighted by molar-refractivity contribution is 7.08. The molecule has 0 bridgehead atoms. The maximum atomic E-state index is 11.7. The van der Waals surface area contributed by atoms with E-state index in [0.29, 0.717) is 0 Å². The number of carbonyl (C=O) groups excluding carboxylic acids is 2. The summed E-state index contributed by atoms with van der Waals surface area (Å²) in [5, 5.41) is 6.96. The van der Waals surface area contributed by atoms with Crippen molar-refractivity contribution in [3.05, 3.63) is 28.5 Å². The molecule has 102 valence electrons. The van der Waals surface area contributed by atoms with Crippen LogP contribution in [0.1, 0.15) is 25.3 Å². The number of hydrogen-bond acceptors (Lipinski definition) is 3. The van der Waals surface area contributed by atoms with Crippen molar-refractivity contribution in [1.82, 2.24) is 10.2 Å². The first kappa shape index (κ1) is 13.8. The quantitative estimate of drug-likeness (QED) is 0.858. The minimum absolute atomic E-state index is 0.0625.